The van der Waals surface area contributed by atoms with Gasteiger partial charge in [-0.2, -0.15) is 18.2 Å². The predicted molar refractivity (Wildman–Crippen MR) is 83.4 cm³/mol. The molecule has 0 saturated heterocycles. The van der Waals surface area contributed by atoms with E-state index in [1.54, 1.807) is 18.2 Å². The van der Waals surface area contributed by atoms with E-state index in [1.807, 2.05) is 6.07 Å². The molecule has 1 aromatic heterocycles. The molecule has 0 atom stereocenters. The van der Waals surface area contributed by atoms with Crippen molar-refractivity contribution in [2.45, 2.75) is 19.3 Å². The standard InChI is InChI=1S/C17H13F4N3O2/c18-14-7-11(9-25-12-3-1-2-10(6-12)8-22)4-5-13(14)15-23-16(26-24-15)17(19,20)21/h1-7H,8-9,22H2. The Morgan fingerprint density at radius 1 is 1.08 bits per heavy atom. The van der Waals surface area contributed by atoms with Crippen LogP contribution < -0.4 is 10.5 Å². The van der Waals surface area contributed by atoms with E-state index in [-0.39, 0.29) is 12.2 Å². The van der Waals surface area contributed by atoms with Crippen molar-refractivity contribution >= 4 is 0 Å². The van der Waals surface area contributed by atoms with E-state index >= 15 is 0 Å². The third-order valence-electron chi connectivity index (χ3n) is 3.48. The van der Waals surface area contributed by atoms with Crippen LogP contribution in [0, 0.1) is 5.82 Å². The summed E-state index contributed by atoms with van der Waals surface area (Å²) >= 11 is 0. The summed E-state index contributed by atoms with van der Waals surface area (Å²) in [6, 6.07) is 11.1. The fourth-order valence-corrected chi connectivity index (χ4v) is 2.21. The van der Waals surface area contributed by atoms with Crippen LogP contribution in [0.15, 0.2) is 47.0 Å². The Morgan fingerprint density at radius 3 is 2.54 bits per heavy atom. The normalized spacial score (nSPS) is 11.6. The fraction of sp³-hybridized carbons (Fsp3) is 0.176. The van der Waals surface area contributed by atoms with Crippen molar-refractivity contribution in [1.29, 1.82) is 0 Å². The van der Waals surface area contributed by atoms with Crippen LogP contribution in [0.25, 0.3) is 11.4 Å². The topological polar surface area (TPSA) is 74.2 Å². The molecule has 0 spiro atoms. The Kier molecular flexibility index (Phi) is 4.90. The number of alkyl halides is 3. The van der Waals surface area contributed by atoms with Gasteiger partial charge < -0.3 is 15.0 Å². The monoisotopic (exact) mass is 367 g/mol. The Balaban J connectivity index is 1.74. The molecule has 2 N–H and O–H groups in total. The Hall–Kier alpha value is -2.94. The minimum atomic E-state index is -4.78. The lowest BCUT2D eigenvalue weighted by atomic mass is 10.1. The van der Waals surface area contributed by atoms with Gasteiger partial charge in [-0.3, -0.25) is 0 Å². The minimum Gasteiger partial charge on any atom is -0.489 e. The molecular weight excluding hydrogens is 354 g/mol. The quantitative estimate of drug-likeness (QED) is 0.692. The lowest BCUT2D eigenvalue weighted by molar-refractivity contribution is -0.159. The summed E-state index contributed by atoms with van der Waals surface area (Å²) in [4.78, 5) is 3.17. The van der Waals surface area contributed by atoms with E-state index in [1.165, 1.54) is 12.1 Å². The van der Waals surface area contributed by atoms with Gasteiger partial charge in [0.25, 0.3) is 0 Å². The molecule has 0 saturated carbocycles. The number of ether oxygens (including phenoxy) is 1. The summed E-state index contributed by atoms with van der Waals surface area (Å²) < 4.78 is 61.3. The number of nitrogens with two attached hydrogens (primary N) is 1. The highest BCUT2D eigenvalue weighted by molar-refractivity contribution is 5.55. The van der Waals surface area contributed by atoms with Gasteiger partial charge in [-0.05, 0) is 35.4 Å². The first-order valence-corrected chi connectivity index (χ1v) is 7.48. The number of halogens is 4. The zero-order valence-corrected chi connectivity index (χ0v) is 13.3. The Bertz CT molecular complexity index is 909. The Morgan fingerprint density at radius 2 is 1.88 bits per heavy atom. The summed E-state index contributed by atoms with van der Waals surface area (Å²) in [7, 11) is 0. The first-order chi connectivity index (χ1) is 12.4. The molecule has 26 heavy (non-hydrogen) atoms. The maximum atomic E-state index is 14.2. The number of benzene rings is 2. The van der Waals surface area contributed by atoms with Gasteiger partial charge >= 0.3 is 12.1 Å². The van der Waals surface area contributed by atoms with E-state index in [4.69, 9.17) is 10.5 Å². The fourth-order valence-electron chi connectivity index (χ4n) is 2.21. The van der Waals surface area contributed by atoms with Gasteiger partial charge in [-0.25, -0.2) is 4.39 Å². The summed E-state index contributed by atoms with van der Waals surface area (Å²) in [6.45, 7) is 0.441. The lowest BCUT2D eigenvalue weighted by Gasteiger charge is -2.08. The number of hydrogen-bond acceptors (Lipinski definition) is 5. The predicted octanol–water partition coefficient (Wildman–Crippen LogP) is 3.93. The third kappa shape index (κ3) is 3.99. The number of aromatic nitrogens is 2. The number of hydrogen-bond donors (Lipinski definition) is 1. The van der Waals surface area contributed by atoms with Crippen LogP contribution in [0.3, 0.4) is 0 Å². The molecule has 0 radical (unpaired) electrons. The molecule has 1 heterocycles. The maximum Gasteiger partial charge on any atom is 0.471 e. The first-order valence-electron chi connectivity index (χ1n) is 7.48. The second kappa shape index (κ2) is 7.12. The second-order valence-electron chi connectivity index (χ2n) is 5.38. The number of nitrogens with zero attached hydrogens (tertiary/aromatic N) is 2. The van der Waals surface area contributed by atoms with Crippen LogP contribution in [0.4, 0.5) is 17.6 Å². The molecule has 0 bridgehead atoms. The van der Waals surface area contributed by atoms with Crippen molar-refractivity contribution in [1.82, 2.24) is 10.1 Å². The van der Waals surface area contributed by atoms with E-state index in [0.29, 0.717) is 17.9 Å². The molecule has 0 aliphatic heterocycles. The third-order valence-corrected chi connectivity index (χ3v) is 3.48. The molecule has 9 heteroatoms. The molecule has 2 aromatic carbocycles. The summed E-state index contributed by atoms with van der Waals surface area (Å²) in [5.74, 6) is -2.21. The number of rotatable bonds is 5. The summed E-state index contributed by atoms with van der Waals surface area (Å²) in [6.07, 6.45) is -4.78. The highest BCUT2D eigenvalue weighted by atomic mass is 19.4. The van der Waals surface area contributed by atoms with Crippen LogP contribution in [0.5, 0.6) is 5.75 Å². The van der Waals surface area contributed by atoms with Crippen molar-refractivity contribution in [3.63, 3.8) is 0 Å². The average molecular weight is 367 g/mol. The highest BCUT2D eigenvalue weighted by Crippen LogP contribution is 2.30. The van der Waals surface area contributed by atoms with Crippen LogP contribution in [-0.2, 0) is 19.3 Å². The molecule has 0 unspecified atom stereocenters. The maximum absolute atomic E-state index is 14.2. The molecule has 0 amide bonds. The Labute approximate surface area is 145 Å². The largest absolute Gasteiger partial charge is 0.489 e. The second-order valence-corrected chi connectivity index (χ2v) is 5.38. The molecule has 0 fully saturated rings. The van der Waals surface area contributed by atoms with E-state index in [9.17, 15) is 17.6 Å². The molecule has 0 aliphatic carbocycles. The minimum absolute atomic E-state index is 0.0747. The zero-order valence-electron chi connectivity index (χ0n) is 13.3. The zero-order chi connectivity index (χ0) is 18.7. The van der Waals surface area contributed by atoms with Crippen molar-refractivity contribution in [2.24, 2.45) is 5.73 Å². The molecular formula is C17H13F4N3O2. The molecule has 136 valence electrons. The average Bonchev–Trinajstić information content (AvgIpc) is 3.10. The van der Waals surface area contributed by atoms with Gasteiger partial charge in [0.2, 0.25) is 5.82 Å². The molecule has 0 aliphatic rings. The highest BCUT2D eigenvalue weighted by Gasteiger charge is 2.38. The van der Waals surface area contributed by atoms with E-state index < -0.39 is 23.7 Å². The van der Waals surface area contributed by atoms with Gasteiger partial charge in [0, 0.05) is 6.54 Å². The van der Waals surface area contributed by atoms with Crippen LogP contribution in [0.2, 0.25) is 0 Å². The van der Waals surface area contributed by atoms with Gasteiger partial charge in [-0.15, -0.1) is 0 Å². The lowest BCUT2D eigenvalue weighted by Crippen LogP contribution is -2.05. The van der Waals surface area contributed by atoms with Crippen LogP contribution >= 0.6 is 0 Å². The van der Waals surface area contributed by atoms with Gasteiger partial charge in [-0.1, -0.05) is 23.4 Å². The van der Waals surface area contributed by atoms with E-state index in [0.717, 1.165) is 11.6 Å². The molecule has 3 aromatic rings. The van der Waals surface area contributed by atoms with Crippen molar-refractivity contribution in [2.75, 3.05) is 0 Å². The van der Waals surface area contributed by atoms with Crippen molar-refractivity contribution in [3.8, 4) is 17.1 Å². The first kappa shape index (κ1) is 17.9. The van der Waals surface area contributed by atoms with Crippen molar-refractivity contribution in [3.05, 3.63) is 65.3 Å². The van der Waals surface area contributed by atoms with Crippen molar-refractivity contribution < 1.29 is 26.8 Å². The van der Waals surface area contributed by atoms with E-state index in [2.05, 4.69) is 14.7 Å². The van der Waals surface area contributed by atoms with Crippen LogP contribution in [-0.4, -0.2) is 10.1 Å². The van der Waals surface area contributed by atoms with Crippen LogP contribution in [0.1, 0.15) is 17.0 Å². The van der Waals surface area contributed by atoms with Gasteiger partial charge in [0.15, 0.2) is 0 Å². The smallest absolute Gasteiger partial charge is 0.471 e. The van der Waals surface area contributed by atoms with Gasteiger partial charge in [0.05, 0.1) is 5.56 Å². The SMILES string of the molecule is NCc1cccc(OCc2ccc(-c3noc(C(F)(F)F)n3)c(F)c2)c1. The van der Waals surface area contributed by atoms with Gasteiger partial charge in [0.1, 0.15) is 18.2 Å². The molecule has 3 rings (SSSR count). The summed E-state index contributed by atoms with van der Waals surface area (Å²) in [5.41, 5.74) is 6.74. The molecule has 5 nitrogen and oxygen atoms in total. The summed E-state index contributed by atoms with van der Waals surface area (Å²) in [5, 5.41) is 3.17.